The smallest absolute Gasteiger partial charge is 0.325 e. The minimum Gasteiger partial charge on any atom is -0.465 e. The van der Waals surface area contributed by atoms with Gasteiger partial charge in [-0.05, 0) is 26.2 Å². The van der Waals surface area contributed by atoms with E-state index < -0.39 is 5.41 Å². The molecule has 2 amide bonds. The second kappa shape index (κ2) is 9.04. The number of nitrogens with zero attached hydrogens (tertiary/aromatic N) is 2. The number of carbonyl (C=O) groups excluding carboxylic acids is 3. The van der Waals surface area contributed by atoms with E-state index in [4.69, 9.17) is 4.74 Å². The van der Waals surface area contributed by atoms with Gasteiger partial charge in [-0.2, -0.15) is 0 Å². The number of ether oxygens (including phenoxy) is 1. The highest BCUT2D eigenvalue weighted by Gasteiger charge is 2.34. The predicted octanol–water partition coefficient (Wildman–Crippen LogP) is 2.07. The summed E-state index contributed by atoms with van der Waals surface area (Å²) < 4.78 is 4.96. The van der Waals surface area contributed by atoms with Crippen molar-refractivity contribution in [3.8, 4) is 0 Å². The average Bonchev–Trinajstić information content (AvgIpc) is 2.52. The van der Waals surface area contributed by atoms with E-state index in [2.05, 4.69) is 0 Å². The molecule has 0 aliphatic carbocycles. The Kier molecular flexibility index (Phi) is 7.70. The SMILES string of the molecule is CCCN(CC(=O)OCC)C(=O)C1CCN(C(=O)C(C)(C)C)CC1. The molecule has 1 aliphatic rings. The molecule has 6 nitrogen and oxygen atoms in total. The molecule has 0 radical (unpaired) electrons. The van der Waals surface area contributed by atoms with Crippen molar-refractivity contribution in [2.75, 3.05) is 32.8 Å². The van der Waals surface area contributed by atoms with Gasteiger partial charge in [-0.3, -0.25) is 14.4 Å². The summed E-state index contributed by atoms with van der Waals surface area (Å²) in [6, 6.07) is 0. The molecule has 1 heterocycles. The molecule has 1 rings (SSSR count). The van der Waals surface area contributed by atoms with Crippen LogP contribution in [0.15, 0.2) is 0 Å². The molecule has 1 aliphatic heterocycles. The molecule has 138 valence electrons. The summed E-state index contributed by atoms with van der Waals surface area (Å²) in [5.41, 5.74) is -0.394. The van der Waals surface area contributed by atoms with Gasteiger partial charge in [0.25, 0.3) is 0 Å². The van der Waals surface area contributed by atoms with Crippen molar-refractivity contribution < 1.29 is 19.1 Å². The van der Waals surface area contributed by atoms with Crippen LogP contribution in [-0.4, -0.2) is 60.4 Å². The van der Waals surface area contributed by atoms with E-state index in [0.29, 0.717) is 39.1 Å². The Bertz CT molecular complexity index is 448. The highest BCUT2D eigenvalue weighted by molar-refractivity contribution is 5.85. The Hall–Kier alpha value is -1.59. The third kappa shape index (κ3) is 5.80. The van der Waals surface area contributed by atoms with Crippen LogP contribution in [0.25, 0.3) is 0 Å². The normalized spacial score (nSPS) is 16.0. The van der Waals surface area contributed by atoms with Gasteiger partial charge in [-0.25, -0.2) is 0 Å². The maximum Gasteiger partial charge on any atom is 0.325 e. The van der Waals surface area contributed by atoms with Crippen molar-refractivity contribution in [3.05, 3.63) is 0 Å². The molecule has 24 heavy (non-hydrogen) atoms. The maximum absolute atomic E-state index is 12.7. The molecule has 0 N–H and O–H groups in total. The van der Waals surface area contributed by atoms with Crippen molar-refractivity contribution in [3.63, 3.8) is 0 Å². The van der Waals surface area contributed by atoms with E-state index in [0.717, 1.165) is 6.42 Å². The summed E-state index contributed by atoms with van der Waals surface area (Å²) in [5.74, 6) is -0.340. The zero-order valence-corrected chi connectivity index (χ0v) is 15.8. The van der Waals surface area contributed by atoms with Crippen LogP contribution in [0.3, 0.4) is 0 Å². The summed E-state index contributed by atoms with van der Waals surface area (Å²) in [4.78, 5) is 40.2. The van der Waals surface area contributed by atoms with Gasteiger partial charge >= 0.3 is 5.97 Å². The summed E-state index contributed by atoms with van der Waals surface area (Å²) in [5, 5.41) is 0. The van der Waals surface area contributed by atoms with E-state index in [1.165, 1.54) is 0 Å². The van der Waals surface area contributed by atoms with Crippen LogP contribution in [0.5, 0.6) is 0 Å². The fourth-order valence-corrected chi connectivity index (χ4v) is 2.96. The van der Waals surface area contributed by atoms with Gasteiger partial charge < -0.3 is 14.5 Å². The summed E-state index contributed by atoms with van der Waals surface area (Å²) >= 11 is 0. The minimum absolute atomic E-state index is 0.00719. The molecular formula is C18H32N2O4. The van der Waals surface area contributed by atoms with Crippen LogP contribution in [-0.2, 0) is 19.1 Å². The van der Waals surface area contributed by atoms with Crippen molar-refractivity contribution in [2.45, 2.75) is 53.9 Å². The van der Waals surface area contributed by atoms with E-state index in [1.807, 2.05) is 32.6 Å². The minimum atomic E-state index is -0.394. The lowest BCUT2D eigenvalue weighted by molar-refractivity contribution is -0.151. The first-order valence-corrected chi connectivity index (χ1v) is 8.94. The zero-order valence-electron chi connectivity index (χ0n) is 15.8. The number of piperidine rings is 1. The molecule has 0 atom stereocenters. The molecule has 0 aromatic heterocycles. The van der Waals surface area contributed by atoms with Crippen LogP contribution in [0.1, 0.15) is 53.9 Å². The van der Waals surface area contributed by atoms with Gasteiger partial charge in [0.1, 0.15) is 6.54 Å². The number of hydrogen-bond acceptors (Lipinski definition) is 4. The Labute approximate surface area is 145 Å². The molecule has 0 saturated carbocycles. The first kappa shape index (κ1) is 20.5. The Morgan fingerprint density at radius 1 is 1.12 bits per heavy atom. The maximum atomic E-state index is 12.7. The van der Waals surface area contributed by atoms with Crippen LogP contribution >= 0.6 is 0 Å². The fourth-order valence-electron chi connectivity index (χ4n) is 2.96. The number of rotatable bonds is 6. The van der Waals surface area contributed by atoms with E-state index in [9.17, 15) is 14.4 Å². The van der Waals surface area contributed by atoms with Crippen molar-refractivity contribution >= 4 is 17.8 Å². The Morgan fingerprint density at radius 2 is 1.71 bits per heavy atom. The van der Waals surface area contributed by atoms with E-state index in [1.54, 1.807) is 11.8 Å². The van der Waals surface area contributed by atoms with Crippen molar-refractivity contribution in [1.82, 2.24) is 9.80 Å². The molecular weight excluding hydrogens is 308 g/mol. The topological polar surface area (TPSA) is 66.9 Å². The number of carbonyl (C=O) groups is 3. The molecule has 0 spiro atoms. The van der Waals surface area contributed by atoms with Crippen LogP contribution in [0.4, 0.5) is 0 Å². The second-order valence-electron chi connectivity index (χ2n) is 7.38. The first-order chi connectivity index (χ1) is 11.2. The third-order valence-corrected chi connectivity index (χ3v) is 4.20. The largest absolute Gasteiger partial charge is 0.465 e. The molecule has 0 aromatic rings. The first-order valence-electron chi connectivity index (χ1n) is 8.94. The van der Waals surface area contributed by atoms with Gasteiger partial charge in [-0.15, -0.1) is 0 Å². The quantitative estimate of drug-likeness (QED) is 0.694. The van der Waals surface area contributed by atoms with Gasteiger partial charge in [-0.1, -0.05) is 27.7 Å². The molecule has 0 unspecified atom stereocenters. The summed E-state index contributed by atoms with van der Waals surface area (Å²) in [6.07, 6.45) is 2.11. The van der Waals surface area contributed by atoms with Crippen LogP contribution in [0, 0.1) is 11.3 Å². The number of esters is 1. The number of hydrogen-bond donors (Lipinski definition) is 0. The van der Waals surface area contributed by atoms with Crippen LogP contribution in [0.2, 0.25) is 0 Å². The molecule has 6 heteroatoms. The standard InChI is InChI=1S/C18H32N2O4/c1-6-10-20(13-15(21)24-7-2)16(22)14-8-11-19(12-9-14)17(23)18(3,4)5/h14H,6-13H2,1-5H3. The molecule has 1 fully saturated rings. The van der Waals surface area contributed by atoms with E-state index in [-0.39, 0.29) is 30.2 Å². The molecule has 1 saturated heterocycles. The monoisotopic (exact) mass is 340 g/mol. The van der Waals surface area contributed by atoms with Gasteiger partial charge in [0.15, 0.2) is 0 Å². The Morgan fingerprint density at radius 3 is 2.17 bits per heavy atom. The Balaban J connectivity index is 2.61. The summed E-state index contributed by atoms with van der Waals surface area (Å²) in [7, 11) is 0. The van der Waals surface area contributed by atoms with Crippen molar-refractivity contribution in [1.29, 1.82) is 0 Å². The van der Waals surface area contributed by atoms with Crippen molar-refractivity contribution in [2.24, 2.45) is 11.3 Å². The number of likely N-dealkylation sites (tertiary alicyclic amines) is 1. The lowest BCUT2D eigenvalue weighted by Gasteiger charge is -2.36. The fraction of sp³-hybridized carbons (Fsp3) is 0.833. The lowest BCUT2D eigenvalue weighted by Crippen LogP contribution is -2.48. The summed E-state index contributed by atoms with van der Waals surface area (Å²) in [6.45, 7) is 11.6. The highest BCUT2D eigenvalue weighted by Crippen LogP contribution is 2.24. The van der Waals surface area contributed by atoms with Gasteiger partial charge in [0, 0.05) is 31.0 Å². The number of amides is 2. The average molecular weight is 340 g/mol. The molecule has 0 aromatic carbocycles. The van der Waals surface area contributed by atoms with Gasteiger partial charge in [0.05, 0.1) is 6.61 Å². The van der Waals surface area contributed by atoms with Gasteiger partial charge in [0.2, 0.25) is 11.8 Å². The molecule has 0 bridgehead atoms. The highest BCUT2D eigenvalue weighted by atomic mass is 16.5. The predicted molar refractivity (Wildman–Crippen MR) is 92.3 cm³/mol. The second-order valence-corrected chi connectivity index (χ2v) is 7.38. The van der Waals surface area contributed by atoms with E-state index >= 15 is 0 Å². The third-order valence-electron chi connectivity index (χ3n) is 4.20. The lowest BCUT2D eigenvalue weighted by atomic mass is 9.90. The van der Waals surface area contributed by atoms with Crippen LogP contribution < -0.4 is 0 Å². The zero-order chi connectivity index (χ0) is 18.3.